The minimum absolute atomic E-state index is 0.0924. The lowest BCUT2D eigenvalue weighted by Gasteiger charge is -2.12. The Bertz CT molecular complexity index is 343. The van der Waals surface area contributed by atoms with E-state index in [2.05, 4.69) is 0 Å². The molecule has 0 aliphatic heterocycles. The van der Waals surface area contributed by atoms with Crippen molar-refractivity contribution in [2.24, 2.45) is 0 Å². The Labute approximate surface area is 94.5 Å². The Hall–Kier alpha value is -1.55. The van der Waals surface area contributed by atoms with Gasteiger partial charge in [-0.15, -0.1) is 0 Å². The van der Waals surface area contributed by atoms with Crippen LogP contribution in [0, 0.1) is 0 Å². The van der Waals surface area contributed by atoms with E-state index < -0.39 is 12.1 Å². The molecule has 0 heterocycles. The maximum atomic E-state index is 10.4. The van der Waals surface area contributed by atoms with Crippen LogP contribution in [-0.4, -0.2) is 22.3 Å². The standard InChI is InChI=1S/C12H16O4/c1-8(2)16-10-5-3-9(4-6-10)11(13)7-12(14)15/h3-6,8,11,13H,7H2,1-2H3,(H,14,15)/t11-/m1/s1. The number of ether oxygens (including phenoxy) is 1. The average Bonchev–Trinajstić information content (AvgIpc) is 2.16. The summed E-state index contributed by atoms with van der Waals surface area (Å²) in [4.78, 5) is 10.4. The molecule has 0 amide bonds. The molecule has 4 heteroatoms. The van der Waals surface area contributed by atoms with E-state index >= 15 is 0 Å². The molecule has 88 valence electrons. The number of hydrogen-bond donors (Lipinski definition) is 2. The zero-order valence-corrected chi connectivity index (χ0v) is 9.38. The van der Waals surface area contributed by atoms with E-state index in [1.54, 1.807) is 24.3 Å². The molecule has 1 rings (SSSR count). The average molecular weight is 224 g/mol. The minimum atomic E-state index is -1.02. The third-order valence-electron chi connectivity index (χ3n) is 2.00. The number of aliphatic hydroxyl groups excluding tert-OH is 1. The van der Waals surface area contributed by atoms with Gasteiger partial charge in [0.15, 0.2) is 0 Å². The maximum Gasteiger partial charge on any atom is 0.306 e. The highest BCUT2D eigenvalue weighted by Crippen LogP contribution is 2.20. The molecule has 0 unspecified atom stereocenters. The zero-order valence-electron chi connectivity index (χ0n) is 9.38. The molecule has 0 bridgehead atoms. The van der Waals surface area contributed by atoms with Gasteiger partial charge < -0.3 is 14.9 Å². The summed E-state index contributed by atoms with van der Waals surface area (Å²) in [5.74, 6) is -0.309. The molecular formula is C12H16O4. The first-order valence-electron chi connectivity index (χ1n) is 5.15. The highest BCUT2D eigenvalue weighted by atomic mass is 16.5. The second kappa shape index (κ2) is 5.51. The first kappa shape index (κ1) is 12.5. The summed E-state index contributed by atoms with van der Waals surface area (Å²) in [7, 11) is 0. The normalized spacial score (nSPS) is 12.5. The van der Waals surface area contributed by atoms with Crippen LogP contribution in [0.25, 0.3) is 0 Å². The molecule has 1 atom stereocenters. The molecule has 4 nitrogen and oxygen atoms in total. The van der Waals surface area contributed by atoms with Crippen molar-refractivity contribution in [3.63, 3.8) is 0 Å². The number of carboxylic acids is 1. The zero-order chi connectivity index (χ0) is 12.1. The van der Waals surface area contributed by atoms with Crippen molar-refractivity contribution in [2.75, 3.05) is 0 Å². The number of carboxylic acid groups (broad SMARTS) is 1. The first-order chi connectivity index (χ1) is 7.49. The third-order valence-corrected chi connectivity index (χ3v) is 2.00. The second-order valence-electron chi connectivity index (χ2n) is 3.85. The van der Waals surface area contributed by atoms with Gasteiger partial charge >= 0.3 is 5.97 Å². The number of benzene rings is 1. The van der Waals surface area contributed by atoms with Crippen molar-refractivity contribution in [1.82, 2.24) is 0 Å². The van der Waals surface area contributed by atoms with E-state index in [0.717, 1.165) is 0 Å². The summed E-state index contributed by atoms with van der Waals surface area (Å²) in [5, 5.41) is 18.1. The summed E-state index contributed by atoms with van der Waals surface area (Å²) in [6.07, 6.45) is -1.16. The molecule has 0 saturated heterocycles. The van der Waals surface area contributed by atoms with Gasteiger partial charge in [0.05, 0.1) is 18.6 Å². The molecule has 1 aromatic rings. The Kier molecular flexibility index (Phi) is 4.31. The van der Waals surface area contributed by atoms with Crippen molar-refractivity contribution in [3.8, 4) is 5.75 Å². The van der Waals surface area contributed by atoms with Crippen molar-refractivity contribution in [1.29, 1.82) is 0 Å². The second-order valence-corrected chi connectivity index (χ2v) is 3.85. The fourth-order valence-corrected chi connectivity index (χ4v) is 1.32. The predicted molar refractivity (Wildman–Crippen MR) is 59.4 cm³/mol. The van der Waals surface area contributed by atoms with Gasteiger partial charge in [-0.25, -0.2) is 0 Å². The molecule has 0 aliphatic rings. The van der Waals surface area contributed by atoms with E-state index in [1.807, 2.05) is 13.8 Å². The van der Waals surface area contributed by atoms with Crippen LogP contribution in [0.2, 0.25) is 0 Å². The van der Waals surface area contributed by atoms with Gasteiger partial charge in [0.2, 0.25) is 0 Å². The van der Waals surface area contributed by atoms with E-state index in [0.29, 0.717) is 11.3 Å². The molecule has 0 aromatic heterocycles. The Morgan fingerprint density at radius 1 is 1.31 bits per heavy atom. The molecule has 0 spiro atoms. The number of aliphatic carboxylic acids is 1. The molecule has 0 fully saturated rings. The van der Waals surface area contributed by atoms with Crippen LogP contribution < -0.4 is 4.74 Å². The highest BCUT2D eigenvalue weighted by molar-refractivity contribution is 5.67. The van der Waals surface area contributed by atoms with Gasteiger partial charge in [0, 0.05) is 0 Å². The van der Waals surface area contributed by atoms with Gasteiger partial charge in [-0.2, -0.15) is 0 Å². The number of rotatable bonds is 5. The lowest BCUT2D eigenvalue weighted by atomic mass is 10.1. The van der Waals surface area contributed by atoms with Crippen LogP contribution in [0.5, 0.6) is 5.75 Å². The molecule has 0 radical (unpaired) electrons. The van der Waals surface area contributed by atoms with Crippen LogP contribution in [0.1, 0.15) is 31.9 Å². The van der Waals surface area contributed by atoms with Crippen molar-refractivity contribution in [3.05, 3.63) is 29.8 Å². The Balaban J connectivity index is 2.66. The Morgan fingerprint density at radius 2 is 1.88 bits per heavy atom. The largest absolute Gasteiger partial charge is 0.491 e. The number of aliphatic hydroxyl groups is 1. The smallest absolute Gasteiger partial charge is 0.306 e. The van der Waals surface area contributed by atoms with Gasteiger partial charge in [-0.05, 0) is 31.5 Å². The summed E-state index contributed by atoms with van der Waals surface area (Å²) in [5.41, 5.74) is 0.582. The van der Waals surface area contributed by atoms with Gasteiger partial charge in [-0.3, -0.25) is 4.79 Å². The lowest BCUT2D eigenvalue weighted by Crippen LogP contribution is -2.07. The van der Waals surface area contributed by atoms with E-state index in [1.165, 1.54) is 0 Å². The quantitative estimate of drug-likeness (QED) is 0.802. The summed E-state index contributed by atoms with van der Waals surface area (Å²) in [6.45, 7) is 3.85. The van der Waals surface area contributed by atoms with E-state index in [9.17, 15) is 9.90 Å². The van der Waals surface area contributed by atoms with Crippen molar-refractivity contribution >= 4 is 5.97 Å². The maximum absolute atomic E-state index is 10.4. The first-order valence-corrected chi connectivity index (χ1v) is 5.15. The minimum Gasteiger partial charge on any atom is -0.491 e. The molecule has 0 saturated carbocycles. The highest BCUT2D eigenvalue weighted by Gasteiger charge is 2.11. The van der Waals surface area contributed by atoms with Crippen LogP contribution in [0.3, 0.4) is 0 Å². The molecule has 16 heavy (non-hydrogen) atoms. The molecule has 1 aromatic carbocycles. The van der Waals surface area contributed by atoms with Crippen LogP contribution in [0.4, 0.5) is 0 Å². The van der Waals surface area contributed by atoms with Gasteiger partial charge in [0.25, 0.3) is 0 Å². The molecule has 2 N–H and O–H groups in total. The van der Waals surface area contributed by atoms with Gasteiger partial charge in [0.1, 0.15) is 5.75 Å². The molecular weight excluding hydrogens is 208 g/mol. The Morgan fingerprint density at radius 3 is 2.31 bits per heavy atom. The number of hydrogen-bond acceptors (Lipinski definition) is 3. The monoisotopic (exact) mass is 224 g/mol. The van der Waals surface area contributed by atoms with Gasteiger partial charge in [-0.1, -0.05) is 12.1 Å². The molecule has 0 aliphatic carbocycles. The fourth-order valence-electron chi connectivity index (χ4n) is 1.32. The SMILES string of the molecule is CC(C)Oc1ccc([C@H](O)CC(=O)O)cc1. The van der Waals surface area contributed by atoms with Crippen LogP contribution >= 0.6 is 0 Å². The van der Waals surface area contributed by atoms with Crippen LogP contribution in [0.15, 0.2) is 24.3 Å². The third kappa shape index (κ3) is 3.90. The summed E-state index contributed by atoms with van der Waals surface area (Å²) in [6, 6.07) is 6.79. The predicted octanol–water partition coefficient (Wildman–Crippen LogP) is 1.98. The lowest BCUT2D eigenvalue weighted by molar-refractivity contribution is -0.139. The summed E-state index contributed by atoms with van der Waals surface area (Å²) < 4.78 is 5.43. The number of carbonyl (C=O) groups is 1. The summed E-state index contributed by atoms with van der Waals surface area (Å²) >= 11 is 0. The van der Waals surface area contributed by atoms with Crippen LogP contribution in [-0.2, 0) is 4.79 Å². The fraction of sp³-hybridized carbons (Fsp3) is 0.417. The van der Waals surface area contributed by atoms with Crippen molar-refractivity contribution in [2.45, 2.75) is 32.5 Å². The topological polar surface area (TPSA) is 66.8 Å². The van der Waals surface area contributed by atoms with E-state index in [-0.39, 0.29) is 12.5 Å². The van der Waals surface area contributed by atoms with E-state index in [4.69, 9.17) is 9.84 Å². The van der Waals surface area contributed by atoms with Crippen molar-refractivity contribution < 1.29 is 19.7 Å².